The highest BCUT2D eigenvalue weighted by molar-refractivity contribution is 5.97. The van der Waals surface area contributed by atoms with Crippen LogP contribution in [-0.2, 0) is 16.0 Å². The summed E-state index contributed by atoms with van der Waals surface area (Å²) in [5, 5.41) is 10.3. The fourth-order valence-corrected chi connectivity index (χ4v) is 3.83. The van der Waals surface area contributed by atoms with E-state index >= 15 is 0 Å². The molecule has 2 amide bonds. The zero-order chi connectivity index (χ0) is 21.1. The molecule has 1 fully saturated rings. The number of carbonyl (C=O) groups excluding carboxylic acids is 2. The van der Waals surface area contributed by atoms with Crippen LogP contribution in [0.5, 0.6) is 0 Å². The van der Waals surface area contributed by atoms with E-state index in [2.05, 4.69) is 41.8 Å². The third kappa shape index (κ3) is 4.13. The number of hydrogen-bond acceptors (Lipinski definition) is 3. The van der Waals surface area contributed by atoms with Crippen molar-refractivity contribution in [1.82, 2.24) is 15.1 Å². The van der Waals surface area contributed by atoms with Gasteiger partial charge in [0.1, 0.15) is 0 Å². The lowest BCUT2D eigenvalue weighted by atomic mass is 10.0. The second-order valence-electron chi connectivity index (χ2n) is 7.76. The molecule has 0 radical (unpaired) electrons. The summed E-state index contributed by atoms with van der Waals surface area (Å²) in [7, 11) is 0. The largest absolute Gasteiger partial charge is 0.355 e. The van der Waals surface area contributed by atoms with Crippen LogP contribution in [-0.4, -0.2) is 28.1 Å². The van der Waals surface area contributed by atoms with E-state index in [0.29, 0.717) is 12.4 Å². The first-order valence-corrected chi connectivity index (χ1v) is 10.4. The molecule has 6 nitrogen and oxygen atoms in total. The van der Waals surface area contributed by atoms with Gasteiger partial charge in [-0.25, -0.2) is 4.68 Å². The molecule has 2 aromatic carbocycles. The van der Waals surface area contributed by atoms with Crippen LogP contribution >= 0.6 is 0 Å². The number of para-hydroxylation sites is 1. The van der Waals surface area contributed by atoms with Gasteiger partial charge in [-0.1, -0.05) is 49.7 Å². The van der Waals surface area contributed by atoms with E-state index in [9.17, 15) is 9.59 Å². The number of aryl methyl sites for hydroxylation is 2. The molecule has 2 heterocycles. The topological polar surface area (TPSA) is 76.0 Å². The normalized spacial score (nSPS) is 15.8. The lowest BCUT2D eigenvalue weighted by Gasteiger charge is -2.11. The average molecular weight is 402 g/mol. The van der Waals surface area contributed by atoms with Gasteiger partial charge in [-0.05, 0) is 36.6 Å². The predicted molar refractivity (Wildman–Crippen MR) is 117 cm³/mol. The van der Waals surface area contributed by atoms with E-state index < -0.39 is 0 Å². The van der Waals surface area contributed by atoms with Gasteiger partial charge in [0.15, 0.2) is 5.82 Å². The minimum Gasteiger partial charge on any atom is -0.355 e. The van der Waals surface area contributed by atoms with Crippen molar-refractivity contribution in [2.45, 2.75) is 33.1 Å². The molecule has 1 atom stereocenters. The second-order valence-corrected chi connectivity index (χ2v) is 7.76. The number of amides is 2. The first-order valence-electron chi connectivity index (χ1n) is 10.4. The van der Waals surface area contributed by atoms with Crippen molar-refractivity contribution in [3.8, 4) is 16.9 Å². The molecule has 1 aliphatic rings. The zero-order valence-electron chi connectivity index (χ0n) is 17.3. The standard InChI is InChI=1S/C24H26N4O2/c1-3-7-17-9-6-10-18(12-17)21-14-22(26-24(30)19-13-23(29)25-15-19)27-28(21)20-11-5-4-8-16(20)2/h4-6,8-12,14,19H,3,7,13,15H2,1-2H3,(H,25,29)(H,26,27,30)/t19-/m1/s1. The maximum atomic E-state index is 12.6. The number of aromatic nitrogens is 2. The number of nitrogens with zero attached hydrogens (tertiary/aromatic N) is 2. The Morgan fingerprint density at radius 3 is 2.77 bits per heavy atom. The summed E-state index contributed by atoms with van der Waals surface area (Å²) in [6.45, 7) is 4.58. The highest BCUT2D eigenvalue weighted by atomic mass is 16.2. The van der Waals surface area contributed by atoms with Gasteiger partial charge in [0.05, 0.1) is 17.3 Å². The predicted octanol–water partition coefficient (Wildman–Crippen LogP) is 3.87. The van der Waals surface area contributed by atoms with Crippen LogP contribution in [0, 0.1) is 12.8 Å². The minimum absolute atomic E-state index is 0.0889. The molecule has 1 saturated heterocycles. The van der Waals surface area contributed by atoms with Crippen molar-refractivity contribution in [1.29, 1.82) is 0 Å². The van der Waals surface area contributed by atoms with Crippen molar-refractivity contribution in [3.05, 3.63) is 65.7 Å². The van der Waals surface area contributed by atoms with Crippen molar-refractivity contribution in [2.24, 2.45) is 5.92 Å². The fourth-order valence-electron chi connectivity index (χ4n) is 3.83. The summed E-state index contributed by atoms with van der Waals surface area (Å²) in [6.07, 6.45) is 2.31. The summed E-state index contributed by atoms with van der Waals surface area (Å²) in [6, 6.07) is 18.4. The maximum Gasteiger partial charge on any atom is 0.230 e. The van der Waals surface area contributed by atoms with Gasteiger partial charge in [-0.2, -0.15) is 0 Å². The van der Waals surface area contributed by atoms with Crippen LogP contribution < -0.4 is 10.6 Å². The quantitative estimate of drug-likeness (QED) is 0.657. The summed E-state index contributed by atoms with van der Waals surface area (Å²) < 4.78 is 1.88. The Balaban J connectivity index is 1.72. The zero-order valence-corrected chi connectivity index (χ0v) is 17.3. The molecule has 2 N–H and O–H groups in total. The SMILES string of the molecule is CCCc1cccc(-c2cc(NC(=O)[C@H]3CNC(=O)C3)nn2-c2ccccc2C)c1. The molecule has 0 aliphatic carbocycles. The second kappa shape index (κ2) is 8.53. The molecule has 0 unspecified atom stereocenters. The average Bonchev–Trinajstić information content (AvgIpc) is 3.35. The Labute approximate surface area is 176 Å². The summed E-state index contributed by atoms with van der Waals surface area (Å²) >= 11 is 0. The van der Waals surface area contributed by atoms with E-state index in [0.717, 1.165) is 35.3 Å². The van der Waals surface area contributed by atoms with Gasteiger partial charge < -0.3 is 10.6 Å². The highest BCUT2D eigenvalue weighted by Crippen LogP contribution is 2.28. The Morgan fingerprint density at radius 1 is 1.20 bits per heavy atom. The molecule has 1 aliphatic heterocycles. The van der Waals surface area contributed by atoms with E-state index in [1.165, 1.54) is 5.56 Å². The molecule has 0 saturated carbocycles. The third-order valence-electron chi connectivity index (χ3n) is 5.41. The van der Waals surface area contributed by atoms with Crippen LogP contribution in [0.15, 0.2) is 54.6 Å². The molecule has 6 heteroatoms. The number of nitrogens with one attached hydrogen (secondary N) is 2. The first-order chi connectivity index (χ1) is 14.5. The summed E-state index contributed by atoms with van der Waals surface area (Å²) in [5.74, 6) is -0.154. The van der Waals surface area contributed by atoms with E-state index in [1.807, 2.05) is 41.9 Å². The third-order valence-corrected chi connectivity index (χ3v) is 5.41. The number of anilines is 1. The molecular weight excluding hydrogens is 376 g/mol. The van der Waals surface area contributed by atoms with E-state index in [1.54, 1.807) is 0 Å². The van der Waals surface area contributed by atoms with Gasteiger partial charge in [0.2, 0.25) is 11.8 Å². The highest BCUT2D eigenvalue weighted by Gasteiger charge is 2.28. The molecule has 1 aromatic heterocycles. The van der Waals surface area contributed by atoms with Crippen LogP contribution in [0.1, 0.15) is 30.9 Å². The van der Waals surface area contributed by atoms with Crippen LogP contribution in [0.25, 0.3) is 16.9 Å². The van der Waals surface area contributed by atoms with Crippen molar-refractivity contribution in [2.75, 3.05) is 11.9 Å². The lowest BCUT2D eigenvalue weighted by Crippen LogP contribution is -2.24. The monoisotopic (exact) mass is 402 g/mol. The van der Waals surface area contributed by atoms with Crippen LogP contribution in [0.3, 0.4) is 0 Å². The Hall–Kier alpha value is -3.41. The summed E-state index contributed by atoms with van der Waals surface area (Å²) in [4.78, 5) is 24.1. The lowest BCUT2D eigenvalue weighted by molar-refractivity contribution is -0.123. The molecule has 154 valence electrons. The molecule has 3 aromatic rings. The van der Waals surface area contributed by atoms with Gasteiger partial charge >= 0.3 is 0 Å². The number of rotatable bonds is 6. The Morgan fingerprint density at radius 2 is 2.03 bits per heavy atom. The van der Waals surface area contributed by atoms with Crippen molar-refractivity contribution in [3.63, 3.8) is 0 Å². The molecule has 0 spiro atoms. The van der Waals surface area contributed by atoms with Crippen LogP contribution in [0.2, 0.25) is 0 Å². The number of carbonyl (C=O) groups is 2. The van der Waals surface area contributed by atoms with E-state index in [-0.39, 0.29) is 24.2 Å². The van der Waals surface area contributed by atoms with Gasteiger partial charge in [-0.15, -0.1) is 5.10 Å². The molecule has 30 heavy (non-hydrogen) atoms. The Kier molecular flexibility index (Phi) is 5.65. The maximum absolute atomic E-state index is 12.6. The first kappa shape index (κ1) is 19.9. The number of benzene rings is 2. The van der Waals surface area contributed by atoms with Gasteiger partial charge in [-0.3, -0.25) is 9.59 Å². The smallest absolute Gasteiger partial charge is 0.230 e. The number of hydrogen-bond donors (Lipinski definition) is 2. The van der Waals surface area contributed by atoms with Gasteiger partial charge in [0.25, 0.3) is 0 Å². The Bertz CT molecular complexity index is 1090. The molecular formula is C24H26N4O2. The summed E-state index contributed by atoms with van der Waals surface area (Å²) in [5.41, 5.74) is 5.29. The fraction of sp³-hybridized carbons (Fsp3) is 0.292. The van der Waals surface area contributed by atoms with E-state index in [4.69, 9.17) is 5.10 Å². The van der Waals surface area contributed by atoms with Crippen molar-refractivity contribution >= 4 is 17.6 Å². The van der Waals surface area contributed by atoms with Crippen molar-refractivity contribution < 1.29 is 9.59 Å². The van der Waals surface area contributed by atoms with Gasteiger partial charge in [0, 0.05) is 24.6 Å². The molecule has 4 rings (SSSR count). The minimum atomic E-state index is -0.363. The molecule has 0 bridgehead atoms. The van der Waals surface area contributed by atoms with Crippen LogP contribution in [0.4, 0.5) is 5.82 Å².